The molecule has 3 N–H and O–H groups in total. The monoisotopic (exact) mass is 249 g/mol. The minimum Gasteiger partial charge on any atom is -0.508 e. The smallest absolute Gasteiger partial charge is 0.337 e. The molecule has 0 bridgehead atoms. The van der Waals surface area contributed by atoms with E-state index in [1.54, 1.807) is 12.1 Å². The zero-order chi connectivity index (χ0) is 13.1. The Kier molecular flexibility index (Phi) is 3.09. The highest BCUT2D eigenvalue weighted by Gasteiger charge is 2.12. The molecule has 0 radical (unpaired) electrons. The summed E-state index contributed by atoms with van der Waals surface area (Å²) < 4.78 is 0.628. The average molecular weight is 249 g/mol. The van der Waals surface area contributed by atoms with Crippen molar-refractivity contribution in [2.45, 2.75) is 6.42 Å². The van der Waals surface area contributed by atoms with Crippen LogP contribution in [0.1, 0.15) is 5.56 Å². The molecule has 94 valence electrons. The van der Waals surface area contributed by atoms with Gasteiger partial charge in [0.2, 0.25) is 11.8 Å². The number of nitrogens with zero attached hydrogens (tertiary/aromatic N) is 1. The van der Waals surface area contributed by atoms with Gasteiger partial charge in [0, 0.05) is 12.1 Å². The van der Waals surface area contributed by atoms with Gasteiger partial charge in [-0.1, -0.05) is 12.1 Å². The lowest BCUT2D eigenvalue weighted by molar-refractivity contribution is -0.144. The van der Waals surface area contributed by atoms with Crippen molar-refractivity contribution in [1.82, 2.24) is 4.73 Å². The maximum atomic E-state index is 11.5. The third-order valence-electron chi connectivity index (χ3n) is 2.28. The number of phenols is 1. The quantitative estimate of drug-likeness (QED) is 0.748. The van der Waals surface area contributed by atoms with Crippen LogP contribution in [-0.4, -0.2) is 26.0 Å². The number of rotatable bonds is 3. The molecule has 1 aromatic heterocycles. The summed E-state index contributed by atoms with van der Waals surface area (Å²) in [6.45, 7) is 0. The first-order valence-corrected chi connectivity index (χ1v) is 5.15. The summed E-state index contributed by atoms with van der Waals surface area (Å²) in [7, 11) is 0. The molecule has 0 aliphatic rings. The minimum atomic E-state index is -0.650. The number of benzene rings is 1. The van der Waals surface area contributed by atoms with E-state index in [1.807, 2.05) is 0 Å². The molecule has 0 amide bonds. The number of aromatic hydroxyl groups is 3. The third-order valence-corrected chi connectivity index (χ3v) is 2.28. The lowest BCUT2D eigenvalue weighted by atomic mass is 10.1. The Bertz CT molecular complexity index is 539. The van der Waals surface area contributed by atoms with Gasteiger partial charge in [0.15, 0.2) is 0 Å². The Labute approximate surface area is 102 Å². The van der Waals surface area contributed by atoms with Gasteiger partial charge in [0.1, 0.15) is 5.75 Å². The van der Waals surface area contributed by atoms with Crippen LogP contribution in [0, 0.1) is 0 Å². The Morgan fingerprint density at radius 1 is 1.00 bits per heavy atom. The molecule has 2 rings (SSSR count). The summed E-state index contributed by atoms with van der Waals surface area (Å²) in [5.74, 6) is -1.28. The second-order valence-corrected chi connectivity index (χ2v) is 3.65. The van der Waals surface area contributed by atoms with E-state index in [1.165, 1.54) is 24.3 Å². The van der Waals surface area contributed by atoms with Crippen molar-refractivity contribution in [3.05, 3.63) is 42.0 Å². The Balaban J connectivity index is 2.03. The number of hydrogen-bond acceptors (Lipinski definition) is 5. The lowest BCUT2D eigenvalue weighted by Crippen LogP contribution is -2.20. The molecule has 0 aliphatic heterocycles. The summed E-state index contributed by atoms with van der Waals surface area (Å²) in [4.78, 5) is 16.3. The molecule has 0 spiro atoms. The Hall–Kier alpha value is -2.63. The summed E-state index contributed by atoms with van der Waals surface area (Å²) in [5.41, 5.74) is 0.643. The van der Waals surface area contributed by atoms with Crippen molar-refractivity contribution < 1.29 is 25.0 Å². The van der Waals surface area contributed by atoms with Crippen LogP contribution >= 0.6 is 0 Å². The fourth-order valence-corrected chi connectivity index (χ4v) is 1.41. The van der Waals surface area contributed by atoms with Crippen LogP contribution in [0.4, 0.5) is 0 Å². The predicted molar refractivity (Wildman–Crippen MR) is 61.2 cm³/mol. The number of phenolic OH excluding ortho intramolecular Hbond substituents is 1. The van der Waals surface area contributed by atoms with E-state index in [4.69, 9.17) is 9.94 Å². The van der Waals surface area contributed by atoms with E-state index in [2.05, 4.69) is 0 Å². The molecule has 0 atom stereocenters. The molecular formula is C12H11NO5. The number of aromatic nitrogens is 1. The zero-order valence-corrected chi connectivity index (χ0v) is 9.28. The fraction of sp³-hybridized carbons (Fsp3) is 0.0833. The summed E-state index contributed by atoms with van der Waals surface area (Å²) >= 11 is 0. The van der Waals surface area contributed by atoms with Crippen molar-refractivity contribution >= 4 is 5.97 Å². The molecule has 6 nitrogen and oxygen atoms in total. The van der Waals surface area contributed by atoms with Crippen LogP contribution in [0.25, 0.3) is 0 Å². The van der Waals surface area contributed by atoms with E-state index in [0.29, 0.717) is 10.3 Å². The van der Waals surface area contributed by atoms with Gasteiger partial charge in [0.05, 0.1) is 6.42 Å². The highest BCUT2D eigenvalue weighted by Crippen LogP contribution is 2.19. The molecule has 2 aromatic rings. The molecular weight excluding hydrogens is 238 g/mol. The molecule has 0 saturated carbocycles. The minimum absolute atomic E-state index is 0.0443. The normalized spacial score (nSPS) is 10.2. The van der Waals surface area contributed by atoms with Gasteiger partial charge in [-0.25, -0.2) is 4.79 Å². The number of carbonyl (C=O) groups is 1. The molecule has 18 heavy (non-hydrogen) atoms. The molecule has 1 aromatic carbocycles. The van der Waals surface area contributed by atoms with Crippen molar-refractivity contribution in [1.29, 1.82) is 0 Å². The molecule has 0 unspecified atom stereocenters. The first kappa shape index (κ1) is 11.8. The highest BCUT2D eigenvalue weighted by atomic mass is 16.7. The number of hydrogen-bond donors (Lipinski definition) is 3. The Morgan fingerprint density at radius 3 is 2.11 bits per heavy atom. The van der Waals surface area contributed by atoms with Crippen LogP contribution in [0.3, 0.4) is 0 Å². The first-order chi connectivity index (χ1) is 8.56. The molecule has 6 heteroatoms. The standard InChI is InChI=1S/C12H11NO5/c14-9-3-1-8(2-4-9)7-12(17)18-13-10(15)5-6-11(13)16/h1-6,14-16H,7H2. The lowest BCUT2D eigenvalue weighted by Gasteiger charge is -2.06. The second-order valence-electron chi connectivity index (χ2n) is 3.65. The second kappa shape index (κ2) is 4.70. The van der Waals surface area contributed by atoms with Crippen LogP contribution in [-0.2, 0) is 11.2 Å². The third kappa shape index (κ3) is 2.54. The van der Waals surface area contributed by atoms with Gasteiger partial charge < -0.3 is 20.2 Å². The van der Waals surface area contributed by atoms with Crippen molar-refractivity contribution in [2.24, 2.45) is 0 Å². The SMILES string of the molecule is O=C(Cc1ccc(O)cc1)On1c(O)ccc1O. The molecule has 0 fully saturated rings. The van der Waals surface area contributed by atoms with Gasteiger partial charge >= 0.3 is 5.97 Å². The van der Waals surface area contributed by atoms with E-state index >= 15 is 0 Å². The zero-order valence-electron chi connectivity index (χ0n) is 9.28. The van der Waals surface area contributed by atoms with Crippen molar-refractivity contribution in [3.8, 4) is 17.5 Å². The Morgan fingerprint density at radius 2 is 1.56 bits per heavy atom. The predicted octanol–water partition coefficient (Wildman–Crippen LogP) is 0.803. The van der Waals surface area contributed by atoms with Gasteiger partial charge in [-0.3, -0.25) is 0 Å². The topological polar surface area (TPSA) is 91.9 Å². The fourth-order valence-electron chi connectivity index (χ4n) is 1.41. The van der Waals surface area contributed by atoms with E-state index in [9.17, 15) is 15.0 Å². The summed E-state index contributed by atoms with van der Waals surface area (Å²) in [6, 6.07) is 8.45. The van der Waals surface area contributed by atoms with Crippen LogP contribution in [0.2, 0.25) is 0 Å². The molecule has 0 saturated heterocycles. The maximum absolute atomic E-state index is 11.5. The largest absolute Gasteiger partial charge is 0.508 e. The first-order valence-electron chi connectivity index (χ1n) is 5.15. The van der Waals surface area contributed by atoms with E-state index in [0.717, 1.165) is 0 Å². The molecule has 0 aliphatic carbocycles. The van der Waals surface area contributed by atoms with Crippen molar-refractivity contribution in [2.75, 3.05) is 0 Å². The average Bonchev–Trinajstić information content (AvgIpc) is 2.64. The van der Waals surface area contributed by atoms with Crippen molar-refractivity contribution in [3.63, 3.8) is 0 Å². The van der Waals surface area contributed by atoms with Gasteiger partial charge in [-0.15, -0.1) is 4.73 Å². The number of carbonyl (C=O) groups excluding carboxylic acids is 1. The van der Waals surface area contributed by atoms with Crippen LogP contribution in [0.5, 0.6) is 17.5 Å². The van der Waals surface area contributed by atoms with Gasteiger partial charge in [0.25, 0.3) is 0 Å². The summed E-state index contributed by atoms with van der Waals surface area (Å²) in [6.07, 6.45) is -0.0443. The van der Waals surface area contributed by atoms with Gasteiger partial charge in [-0.05, 0) is 17.7 Å². The maximum Gasteiger partial charge on any atom is 0.337 e. The van der Waals surface area contributed by atoms with Crippen LogP contribution < -0.4 is 4.84 Å². The van der Waals surface area contributed by atoms with E-state index in [-0.39, 0.29) is 23.9 Å². The van der Waals surface area contributed by atoms with Crippen LogP contribution in [0.15, 0.2) is 36.4 Å². The summed E-state index contributed by atoms with van der Waals surface area (Å²) in [5, 5.41) is 27.6. The highest BCUT2D eigenvalue weighted by molar-refractivity contribution is 5.73. The molecule has 1 heterocycles. The van der Waals surface area contributed by atoms with Gasteiger partial charge in [-0.2, -0.15) is 0 Å². The van der Waals surface area contributed by atoms with E-state index < -0.39 is 5.97 Å².